The van der Waals surface area contributed by atoms with Crippen LogP contribution in [0.1, 0.15) is 37.4 Å². The third kappa shape index (κ3) is 3.94. The first-order valence-corrected chi connectivity index (χ1v) is 7.86. The molecule has 0 aliphatic carbocycles. The average molecular weight is 285 g/mol. The van der Waals surface area contributed by atoms with Crippen molar-refractivity contribution in [2.45, 2.75) is 38.6 Å². The van der Waals surface area contributed by atoms with Crippen LogP contribution in [0.25, 0.3) is 0 Å². The van der Waals surface area contributed by atoms with Crippen LogP contribution in [0.3, 0.4) is 0 Å². The lowest BCUT2D eigenvalue weighted by Crippen LogP contribution is -2.37. The van der Waals surface area contributed by atoms with Crippen molar-refractivity contribution in [3.63, 3.8) is 0 Å². The number of aromatic nitrogens is 2. The molecule has 0 aliphatic heterocycles. The fourth-order valence-corrected chi connectivity index (χ4v) is 3.09. The summed E-state index contributed by atoms with van der Waals surface area (Å²) in [5, 5.41) is 8.06. The number of aryl methyl sites for hydroxylation is 1. The van der Waals surface area contributed by atoms with Gasteiger partial charge in [-0.05, 0) is 24.6 Å². The first kappa shape index (κ1) is 15.8. The van der Waals surface area contributed by atoms with Crippen molar-refractivity contribution in [2.75, 3.05) is 7.05 Å². The Morgan fingerprint density at radius 3 is 2.43 bits per heavy atom. The maximum Gasteiger partial charge on any atom is 0.0640 e. The maximum absolute atomic E-state index is 4.54. The van der Waals surface area contributed by atoms with Crippen molar-refractivity contribution in [1.82, 2.24) is 15.1 Å². The fraction of sp³-hybridized carbons (Fsp3) is 0.500. The molecule has 0 amide bonds. The molecule has 0 fully saturated rings. The normalized spacial score (nSPS) is 15.6. The molecule has 3 unspecified atom stereocenters. The Labute approximate surface area is 128 Å². The number of hydrogen-bond acceptors (Lipinski definition) is 2. The highest BCUT2D eigenvalue weighted by Crippen LogP contribution is 2.31. The Balaban J connectivity index is 2.24. The van der Waals surface area contributed by atoms with Crippen LogP contribution in [0.15, 0.2) is 42.6 Å². The lowest BCUT2D eigenvalue weighted by atomic mass is 9.78. The first-order valence-electron chi connectivity index (χ1n) is 7.86. The summed E-state index contributed by atoms with van der Waals surface area (Å²) in [5.41, 5.74) is 2.57. The molecule has 0 aliphatic rings. The van der Waals surface area contributed by atoms with Crippen LogP contribution in [0.2, 0.25) is 0 Å². The zero-order valence-corrected chi connectivity index (χ0v) is 13.6. The number of likely N-dealkylation sites (N-methyl/N-ethyl adjacent to an activating group) is 1. The van der Waals surface area contributed by atoms with Gasteiger partial charge in [0.05, 0.1) is 5.69 Å². The van der Waals surface area contributed by atoms with Crippen LogP contribution < -0.4 is 5.32 Å². The Bertz CT molecular complexity index is 532. The summed E-state index contributed by atoms with van der Waals surface area (Å²) >= 11 is 0. The molecule has 0 bridgehead atoms. The van der Waals surface area contributed by atoms with Crippen molar-refractivity contribution in [3.05, 3.63) is 53.9 Å². The van der Waals surface area contributed by atoms with Crippen LogP contribution >= 0.6 is 0 Å². The molecule has 1 N–H and O–H groups in total. The van der Waals surface area contributed by atoms with Gasteiger partial charge in [-0.2, -0.15) is 5.10 Å². The van der Waals surface area contributed by atoms with Gasteiger partial charge in [-0.15, -0.1) is 0 Å². The summed E-state index contributed by atoms with van der Waals surface area (Å²) in [7, 11) is 4.03. The molecule has 114 valence electrons. The highest BCUT2D eigenvalue weighted by atomic mass is 15.2. The quantitative estimate of drug-likeness (QED) is 0.845. The highest BCUT2D eigenvalue weighted by molar-refractivity contribution is 5.23. The second-order valence-corrected chi connectivity index (χ2v) is 5.90. The minimum atomic E-state index is 0.400. The maximum atomic E-state index is 4.54. The van der Waals surface area contributed by atoms with E-state index in [9.17, 15) is 0 Å². The van der Waals surface area contributed by atoms with E-state index in [-0.39, 0.29) is 0 Å². The molecular formula is C18H27N3. The van der Waals surface area contributed by atoms with Gasteiger partial charge in [0.25, 0.3) is 0 Å². The summed E-state index contributed by atoms with van der Waals surface area (Å²) in [6.45, 7) is 4.62. The predicted molar refractivity (Wildman–Crippen MR) is 88.4 cm³/mol. The van der Waals surface area contributed by atoms with Gasteiger partial charge >= 0.3 is 0 Å². The van der Waals surface area contributed by atoms with Gasteiger partial charge in [-0.1, -0.05) is 50.6 Å². The Kier molecular flexibility index (Phi) is 5.57. The van der Waals surface area contributed by atoms with E-state index < -0.39 is 0 Å². The van der Waals surface area contributed by atoms with Gasteiger partial charge in [0.1, 0.15) is 0 Å². The van der Waals surface area contributed by atoms with E-state index in [0.29, 0.717) is 17.9 Å². The van der Waals surface area contributed by atoms with E-state index in [1.165, 1.54) is 12.0 Å². The fourth-order valence-electron chi connectivity index (χ4n) is 3.09. The summed E-state index contributed by atoms with van der Waals surface area (Å²) < 4.78 is 1.88. The third-order valence-electron chi connectivity index (χ3n) is 4.44. The summed E-state index contributed by atoms with van der Waals surface area (Å²) in [6.07, 6.45) is 4.16. The lowest BCUT2D eigenvalue weighted by Gasteiger charge is -2.31. The molecule has 0 saturated heterocycles. The molecule has 3 atom stereocenters. The number of hydrogen-bond donors (Lipinski definition) is 1. The third-order valence-corrected chi connectivity index (χ3v) is 4.44. The van der Waals surface area contributed by atoms with Gasteiger partial charge in [0.2, 0.25) is 0 Å². The Hall–Kier alpha value is -1.61. The summed E-state index contributed by atoms with van der Waals surface area (Å²) in [4.78, 5) is 0. The van der Waals surface area contributed by atoms with Crippen LogP contribution in [0.4, 0.5) is 0 Å². The lowest BCUT2D eigenvalue weighted by molar-refractivity contribution is 0.344. The number of rotatable bonds is 7. The zero-order valence-electron chi connectivity index (χ0n) is 13.6. The van der Waals surface area contributed by atoms with Crippen molar-refractivity contribution in [3.8, 4) is 0 Å². The molecule has 2 rings (SSSR count). The number of nitrogens with zero attached hydrogens (tertiary/aromatic N) is 2. The van der Waals surface area contributed by atoms with Crippen LogP contribution in [0.5, 0.6) is 0 Å². The first-order chi connectivity index (χ1) is 10.2. The second kappa shape index (κ2) is 7.41. The van der Waals surface area contributed by atoms with Gasteiger partial charge in [-0.3, -0.25) is 4.68 Å². The SMILES string of the molecule is CCC(C)C(c1ccccc1)C(Cc1ccn(C)n1)NC. The predicted octanol–water partition coefficient (Wildman–Crippen LogP) is 3.38. The molecular weight excluding hydrogens is 258 g/mol. The summed E-state index contributed by atoms with van der Waals surface area (Å²) in [5.74, 6) is 1.14. The molecule has 21 heavy (non-hydrogen) atoms. The van der Waals surface area contributed by atoms with E-state index in [1.54, 1.807) is 0 Å². The Morgan fingerprint density at radius 2 is 1.90 bits per heavy atom. The van der Waals surface area contributed by atoms with E-state index >= 15 is 0 Å². The molecule has 0 radical (unpaired) electrons. The molecule has 1 aromatic carbocycles. The molecule has 1 heterocycles. The standard InChI is InChI=1S/C18H27N3/c1-5-14(2)18(15-9-7-6-8-10-15)17(19-3)13-16-11-12-21(4)20-16/h6-12,14,17-19H,5,13H2,1-4H3. The monoisotopic (exact) mass is 285 g/mol. The van der Waals surface area contributed by atoms with Crippen molar-refractivity contribution >= 4 is 0 Å². The van der Waals surface area contributed by atoms with Crippen molar-refractivity contribution < 1.29 is 0 Å². The second-order valence-electron chi connectivity index (χ2n) is 5.90. The number of benzene rings is 1. The van der Waals surface area contributed by atoms with Crippen molar-refractivity contribution in [2.24, 2.45) is 13.0 Å². The van der Waals surface area contributed by atoms with Gasteiger partial charge in [0, 0.05) is 31.6 Å². The molecule has 0 saturated carbocycles. The molecule has 3 heteroatoms. The summed E-state index contributed by atoms with van der Waals surface area (Å²) in [6, 6.07) is 13.4. The minimum Gasteiger partial charge on any atom is -0.316 e. The van der Waals surface area contributed by atoms with E-state index in [1.807, 2.05) is 17.9 Å². The average Bonchev–Trinajstić information content (AvgIpc) is 2.92. The zero-order chi connectivity index (χ0) is 15.2. The number of nitrogens with one attached hydrogen (secondary N) is 1. The van der Waals surface area contributed by atoms with Crippen LogP contribution in [-0.4, -0.2) is 22.9 Å². The Morgan fingerprint density at radius 1 is 1.19 bits per heavy atom. The molecule has 0 spiro atoms. The van der Waals surface area contributed by atoms with Gasteiger partial charge in [-0.25, -0.2) is 0 Å². The van der Waals surface area contributed by atoms with Gasteiger partial charge < -0.3 is 5.32 Å². The van der Waals surface area contributed by atoms with Gasteiger partial charge in [0.15, 0.2) is 0 Å². The highest BCUT2D eigenvalue weighted by Gasteiger charge is 2.27. The topological polar surface area (TPSA) is 29.9 Å². The van der Waals surface area contributed by atoms with E-state index in [4.69, 9.17) is 0 Å². The smallest absolute Gasteiger partial charge is 0.0640 e. The molecule has 2 aromatic rings. The van der Waals surface area contributed by atoms with E-state index in [2.05, 4.69) is 67.7 Å². The van der Waals surface area contributed by atoms with Crippen LogP contribution in [-0.2, 0) is 13.5 Å². The van der Waals surface area contributed by atoms with Crippen LogP contribution in [0, 0.1) is 5.92 Å². The molecule has 3 nitrogen and oxygen atoms in total. The largest absolute Gasteiger partial charge is 0.316 e. The van der Waals surface area contributed by atoms with E-state index in [0.717, 1.165) is 12.1 Å². The molecule has 1 aromatic heterocycles. The van der Waals surface area contributed by atoms with Crippen molar-refractivity contribution in [1.29, 1.82) is 0 Å². The minimum absolute atomic E-state index is 0.400.